The third kappa shape index (κ3) is 4.28. The molecule has 1 fully saturated rings. The zero-order valence-corrected chi connectivity index (χ0v) is 11.8. The van der Waals surface area contributed by atoms with Gasteiger partial charge in [0.05, 0.1) is 6.61 Å². The molecular weight excluding hydrogens is 285 g/mol. The fourth-order valence-electron chi connectivity index (χ4n) is 2.50. The second kappa shape index (κ2) is 6.57. The zero-order chi connectivity index (χ0) is 15.3. The molecule has 5 nitrogen and oxygen atoms in total. The number of ether oxygens (including phenoxy) is 1. The summed E-state index contributed by atoms with van der Waals surface area (Å²) in [5.74, 6) is -0.00108. The van der Waals surface area contributed by atoms with Crippen LogP contribution in [0.25, 0.3) is 0 Å². The molecule has 2 N–H and O–H groups in total. The van der Waals surface area contributed by atoms with E-state index in [0.717, 1.165) is 38.2 Å². The predicted octanol–water partition coefficient (Wildman–Crippen LogP) is 1.92. The molecule has 8 heteroatoms. The van der Waals surface area contributed by atoms with Crippen molar-refractivity contribution in [2.45, 2.75) is 19.0 Å². The molecule has 118 valence electrons. The van der Waals surface area contributed by atoms with Gasteiger partial charge in [-0.3, -0.25) is 0 Å². The minimum Gasteiger partial charge on any atom is -0.384 e. The van der Waals surface area contributed by atoms with Crippen molar-refractivity contribution in [1.29, 1.82) is 0 Å². The third-order valence-corrected chi connectivity index (χ3v) is 3.68. The SMILES string of the molecule is COCC1(CNc2nccc(C(F)(F)F)n2)CCNCC1. The van der Waals surface area contributed by atoms with Crippen molar-refractivity contribution in [1.82, 2.24) is 15.3 Å². The number of anilines is 1. The molecule has 1 saturated heterocycles. The van der Waals surface area contributed by atoms with E-state index in [0.29, 0.717) is 13.2 Å². The Kier molecular flexibility index (Phi) is 5.00. The van der Waals surface area contributed by atoms with Crippen LogP contribution in [0.2, 0.25) is 0 Å². The monoisotopic (exact) mass is 304 g/mol. The fraction of sp³-hybridized carbons (Fsp3) is 0.692. The van der Waals surface area contributed by atoms with E-state index >= 15 is 0 Å². The minimum absolute atomic E-state index is 0.00108. The number of halogens is 3. The van der Waals surface area contributed by atoms with Crippen molar-refractivity contribution >= 4 is 5.95 Å². The highest BCUT2D eigenvalue weighted by Crippen LogP contribution is 2.30. The summed E-state index contributed by atoms with van der Waals surface area (Å²) >= 11 is 0. The molecule has 1 aliphatic heterocycles. The first-order valence-corrected chi connectivity index (χ1v) is 6.79. The Hall–Kier alpha value is -1.41. The lowest BCUT2D eigenvalue weighted by molar-refractivity contribution is -0.141. The molecule has 0 spiro atoms. The summed E-state index contributed by atoms with van der Waals surface area (Å²) < 4.78 is 43.1. The van der Waals surface area contributed by atoms with Gasteiger partial charge in [0.15, 0.2) is 0 Å². The van der Waals surface area contributed by atoms with E-state index in [2.05, 4.69) is 20.6 Å². The number of aromatic nitrogens is 2. The van der Waals surface area contributed by atoms with Crippen LogP contribution in [0.15, 0.2) is 12.3 Å². The molecule has 0 amide bonds. The maximum atomic E-state index is 12.6. The molecule has 2 heterocycles. The summed E-state index contributed by atoms with van der Waals surface area (Å²) in [6.07, 6.45) is -1.55. The van der Waals surface area contributed by atoms with E-state index < -0.39 is 11.9 Å². The summed E-state index contributed by atoms with van der Waals surface area (Å²) in [7, 11) is 1.63. The lowest BCUT2D eigenvalue weighted by Crippen LogP contribution is -2.44. The lowest BCUT2D eigenvalue weighted by Gasteiger charge is -2.37. The molecule has 0 aliphatic carbocycles. The van der Waals surface area contributed by atoms with Crippen LogP contribution < -0.4 is 10.6 Å². The van der Waals surface area contributed by atoms with Gasteiger partial charge in [-0.2, -0.15) is 13.2 Å². The highest BCUT2D eigenvalue weighted by Gasteiger charge is 2.34. The van der Waals surface area contributed by atoms with Gasteiger partial charge in [0.1, 0.15) is 5.69 Å². The number of nitrogens with zero attached hydrogens (tertiary/aromatic N) is 2. The Morgan fingerprint density at radius 3 is 2.71 bits per heavy atom. The Bertz CT molecular complexity index is 455. The van der Waals surface area contributed by atoms with Gasteiger partial charge in [-0.1, -0.05) is 0 Å². The van der Waals surface area contributed by atoms with E-state index in [-0.39, 0.29) is 11.4 Å². The van der Waals surface area contributed by atoms with E-state index in [4.69, 9.17) is 4.74 Å². The van der Waals surface area contributed by atoms with Crippen molar-refractivity contribution in [3.05, 3.63) is 18.0 Å². The highest BCUT2D eigenvalue weighted by molar-refractivity contribution is 5.26. The largest absolute Gasteiger partial charge is 0.433 e. The Labute approximate surface area is 121 Å². The van der Waals surface area contributed by atoms with Crippen LogP contribution in [0, 0.1) is 5.41 Å². The number of hydrogen-bond acceptors (Lipinski definition) is 5. The zero-order valence-electron chi connectivity index (χ0n) is 11.8. The maximum absolute atomic E-state index is 12.6. The second-order valence-electron chi connectivity index (χ2n) is 5.30. The number of hydrogen-bond donors (Lipinski definition) is 2. The molecule has 0 aromatic carbocycles. The Morgan fingerprint density at radius 2 is 2.10 bits per heavy atom. The number of alkyl halides is 3. The smallest absolute Gasteiger partial charge is 0.384 e. The molecule has 1 aromatic rings. The molecule has 1 aromatic heterocycles. The molecule has 0 saturated carbocycles. The second-order valence-corrected chi connectivity index (χ2v) is 5.30. The molecule has 0 radical (unpaired) electrons. The van der Waals surface area contributed by atoms with Gasteiger partial charge in [0, 0.05) is 25.3 Å². The molecule has 2 rings (SSSR count). The quantitative estimate of drug-likeness (QED) is 0.870. The van der Waals surface area contributed by atoms with Crippen LogP contribution in [0.5, 0.6) is 0 Å². The molecular formula is C13H19F3N4O. The van der Waals surface area contributed by atoms with Crippen molar-refractivity contribution in [3.8, 4) is 0 Å². The van der Waals surface area contributed by atoms with Crippen LogP contribution >= 0.6 is 0 Å². The number of methoxy groups -OCH3 is 1. The normalized spacial score (nSPS) is 18.5. The highest BCUT2D eigenvalue weighted by atomic mass is 19.4. The van der Waals surface area contributed by atoms with Gasteiger partial charge in [-0.05, 0) is 32.0 Å². The third-order valence-electron chi connectivity index (χ3n) is 3.68. The predicted molar refractivity (Wildman–Crippen MR) is 71.9 cm³/mol. The van der Waals surface area contributed by atoms with Gasteiger partial charge in [0.25, 0.3) is 0 Å². The van der Waals surface area contributed by atoms with E-state index in [1.54, 1.807) is 7.11 Å². The van der Waals surface area contributed by atoms with E-state index in [9.17, 15) is 13.2 Å². The van der Waals surface area contributed by atoms with Crippen LogP contribution in [0.4, 0.5) is 19.1 Å². The van der Waals surface area contributed by atoms with Gasteiger partial charge in [-0.25, -0.2) is 9.97 Å². The van der Waals surface area contributed by atoms with Crippen LogP contribution in [0.3, 0.4) is 0 Å². The molecule has 0 atom stereocenters. The van der Waals surface area contributed by atoms with Crippen LogP contribution in [-0.2, 0) is 10.9 Å². The van der Waals surface area contributed by atoms with Crippen molar-refractivity contribution in [2.75, 3.05) is 38.7 Å². The number of nitrogens with one attached hydrogen (secondary N) is 2. The summed E-state index contributed by atoms with van der Waals surface area (Å²) in [5.41, 5.74) is -1.04. The van der Waals surface area contributed by atoms with Crippen molar-refractivity contribution in [3.63, 3.8) is 0 Å². The topological polar surface area (TPSA) is 59.1 Å². The summed E-state index contributed by atoms with van der Waals surface area (Å²) in [6, 6.07) is 0.862. The molecule has 21 heavy (non-hydrogen) atoms. The number of rotatable bonds is 5. The molecule has 0 unspecified atom stereocenters. The van der Waals surface area contributed by atoms with Crippen molar-refractivity contribution in [2.24, 2.45) is 5.41 Å². The van der Waals surface area contributed by atoms with E-state index in [1.165, 1.54) is 0 Å². The Morgan fingerprint density at radius 1 is 1.38 bits per heavy atom. The standard InChI is InChI=1S/C13H19F3N4O/c1-21-9-12(3-6-17-7-4-12)8-19-11-18-5-2-10(20-11)13(14,15)16/h2,5,17H,3-4,6-9H2,1H3,(H,18,19,20). The summed E-state index contributed by atoms with van der Waals surface area (Å²) in [6.45, 7) is 2.79. The maximum Gasteiger partial charge on any atom is 0.433 e. The molecule has 1 aliphatic rings. The minimum atomic E-state index is -4.46. The first kappa shape index (κ1) is 16.0. The van der Waals surface area contributed by atoms with Gasteiger partial charge >= 0.3 is 6.18 Å². The number of piperidine rings is 1. The average molecular weight is 304 g/mol. The first-order valence-electron chi connectivity index (χ1n) is 6.79. The van der Waals surface area contributed by atoms with E-state index in [1.807, 2.05) is 0 Å². The fourth-order valence-corrected chi connectivity index (χ4v) is 2.50. The summed E-state index contributed by atoms with van der Waals surface area (Å²) in [4.78, 5) is 7.37. The van der Waals surface area contributed by atoms with Gasteiger partial charge in [-0.15, -0.1) is 0 Å². The Balaban J connectivity index is 2.04. The van der Waals surface area contributed by atoms with Crippen LogP contribution in [0.1, 0.15) is 18.5 Å². The summed E-state index contributed by atoms with van der Waals surface area (Å²) in [5, 5.41) is 6.18. The van der Waals surface area contributed by atoms with Gasteiger partial charge in [0.2, 0.25) is 5.95 Å². The van der Waals surface area contributed by atoms with Gasteiger partial charge < -0.3 is 15.4 Å². The van der Waals surface area contributed by atoms with Crippen LogP contribution in [-0.4, -0.2) is 43.3 Å². The van der Waals surface area contributed by atoms with Crippen molar-refractivity contribution < 1.29 is 17.9 Å². The first-order chi connectivity index (χ1) is 9.95. The lowest BCUT2D eigenvalue weighted by atomic mass is 9.79. The molecule has 0 bridgehead atoms. The average Bonchev–Trinajstić information content (AvgIpc) is 2.46.